The molecule has 2 aromatic carbocycles. The van der Waals surface area contributed by atoms with E-state index in [-0.39, 0.29) is 11.9 Å². The van der Waals surface area contributed by atoms with Crippen molar-refractivity contribution in [3.05, 3.63) is 59.2 Å². The van der Waals surface area contributed by atoms with E-state index in [1.54, 1.807) is 14.2 Å². The van der Waals surface area contributed by atoms with Gasteiger partial charge < -0.3 is 14.8 Å². The summed E-state index contributed by atoms with van der Waals surface area (Å²) in [6, 6.07) is 13.6. The Balaban J connectivity index is 2.03. The number of benzene rings is 2. The lowest BCUT2D eigenvalue weighted by Gasteiger charge is -2.19. The fraction of sp³-hybridized carbons (Fsp3) is 0.350. The maximum Gasteiger partial charge on any atom is 0.224 e. The minimum atomic E-state index is 0.000328. The Hall–Kier alpha value is -2.49. The Morgan fingerprint density at radius 2 is 1.79 bits per heavy atom. The van der Waals surface area contributed by atoms with Crippen molar-refractivity contribution in [1.82, 2.24) is 5.32 Å². The van der Waals surface area contributed by atoms with Crippen LogP contribution in [0.1, 0.15) is 36.1 Å². The van der Waals surface area contributed by atoms with Gasteiger partial charge in [-0.1, -0.05) is 31.2 Å². The molecule has 0 aromatic heterocycles. The first-order valence-electron chi connectivity index (χ1n) is 8.14. The third-order valence-electron chi connectivity index (χ3n) is 4.09. The van der Waals surface area contributed by atoms with Crippen LogP contribution in [0.5, 0.6) is 11.5 Å². The van der Waals surface area contributed by atoms with Crippen molar-refractivity contribution in [2.24, 2.45) is 0 Å². The van der Waals surface area contributed by atoms with Crippen LogP contribution < -0.4 is 14.8 Å². The topological polar surface area (TPSA) is 47.6 Å². The zero-order chi connectivity index (χ0) is 17.5. The predicted octanol–water partition coefficient (Wildman–Crippen LogP) is 3.82. The molecular weight excluding hydrogens is 302 g/mol. The highest BCUT2D eigenvalue weighted by atomic mass is 16.5. The summed E-state index contributed by atoms with van der Waals surface area (Å²) >= 11 is 0. The number of nitrogens with one attached hydrogen (secondary N) is 1. The first kappa shape index (κ1) is 17.9. The van der Waals surface area contributed by atoms with Crippen molar-refractivity contribution in [2.45, 2.75) is 32.7 Å². The summed E-state index contributed by atoms with van der Waals surface area (Å²) in [5.74, 6) is 1.66. The summed E-state index contributed by atoms with van der Waals surface area (Å²) in [7, 11) is 3.29. The molecular formula is C20H25NO3. The number of hydrogen-bond acceptors (Lipinski definition) is 3. The number of amides is 1. The van der Waals surface area contributed by atoms with Crippen LogP contribution in [0.15, 0.2) is 42.5 Å². The van der Waals surface area contributed by atoms with E-state index in [0.717, 1.165) is 34.6 Å². The number of aryl methyl sites for hydroxylation is 1. The maximum atomic E-state index is 12.4. The van der Waals surface area contributed by atoms with Gasteiger partial charge in [-0.2, -0.15) is 0 Å². The third-order valence-corrected chi connectivity index (χ3v) is 4.09. The Morgan fingerprint density at radius 3 is 2.33 bits per heavy atom. The van der Waals surface area contributed by atoms with Gasteiger partial charge in [-0.25, -0.2) is 0 Å². The van der Waals surface area contributed by atoms with Crippen molar-refractivity contribution < 1.29 is 14.3 Å². The van der Waals surface area contributed by atoms with Crippen LogP contribution in [-0.2, 0) is 11.2 Å². The first-order valence-corrected chi connectivity index (χ1v) is 8.14. The second kappa shape index (κ2) is 8.39. The van der Waals surface area contributed by atoms with Gasteiger partial charge in [0.15, 0.2) is 0 Å². The highest BCUT2D eigenvalue weighted by Crippen LogP contribution is 2.24. The number of ether oxygens (including phenoxy) is 2. The van der Waals surface area contributed by atoms with Gasteiger partial charge in [0.1, 0.15) is 11.5 Å². The summed E-state index contributed by atoms with van der Waals surface area (Å²) in [4.78, 5) is 12.4. The summed E-state index contributed by atoms with van der Waals surface area (Å²) in [6.07, 6.45) is 1.19. The summed E-state index contributed by atoms with van der Waals surface area (Å²) in [6.45, 7) is 4.08. The standard InChI is InChI=1S/C20H25NO3/c1-5-18(16-8-11-19(24-4)14(2)12-16)21-20(22)13-15-6-9-17(23-3)10-7-15/h6-12,18H,5,13H2,1-4H3,(H,21,22). The van der Waals surface area contributed by atoms with Crippen LogP contribution in [0, 0.1) is 6.92 Å². The smallest absolute Gasteiger partial charge is 0.224 e. The van der Waals surface area contributed by atoms with Crippen LogP contribution >= 0.6 is 0 Å². The molecule has 0 aliphatic rings. The van der Waals surface area contributed by atoms with Gasteiger partial charge in [-0.05, 0) is 48.2 Å². The fourth-order valence-corrected chi connectivity index (χ4v) is 2.71. The second-order valence-corrected chi connectivity index (χ2v) is 5.78. The van der Waals surface area contributed by atoms with Crippen molar-refractivity contribution in [1.29, 1.82) is 0 Å². The molecule has 0 saturated carbocycles. The van der Waals surface area contributed by atoms with Gasteiger partial charge in [0.05, 0.1) is 26.7 Å². The molecule has 0 heterocycles. The molecule has 0 bridgehead atoms. The minimum Gasteiger partial charge on any atom is -0.497 e. The van der Waals surface area contributed by atoms with Crippen LogP contribution in [0.3, 0.4) is 0 Å². The van der Waals surface area contributed by atoms with E-state index >= 15 is 0 Å². The maximum absolute atomic E-state index is 12.4. The molecule has 2 rings (SSSR count). The predicted molar refractivity (Wildman–Crippen MR) is 95.6 cm³/mol. The Kier molecular flexibility index (Phi) is 6.24. The second-order valence-electron chi connectivity index (χ2n) is 5.78. The lowest BCUT2D eigenvalue weighted by molar-refractivity contribution is -0.121. The SMILES string of the molecule is CCC(NC(=O)Cc1ccc(OC)cc1)c1ccc(OC)c(C)c1. The van der Waals surface area contributed by atoms with E-state index < -0.39 is 0 Å². The van der Waals surface area contributed by atoms with Gasteiger partial charge in [-0.3, -0.25) is 4.79 Å². The van der Waals surface area contributed by atoms with E-state index in [1.165, 1.54) is 0 Å². The normalized spacial score (nSPS) is 11.7. The number of carbonyl (C=O) groups is 1. The quantitative estimate of drug-likeness (QED) is 0.841. The zero-order valence-electron chi connectivity index (χ0n) is 14.8. The zero-order valence-corrected chi connectivity index (χ0v) is 14.8. The molecule has 1 N–H and O–H groups in total. The summed E-state index contributed by atoms with van der Waals surface area (Å²) < 4.78 is 10.4. The van der Waals surface area contributed by atoms with Crippen molar-refractivity contribution >= 4 is 5.91 Å². The summed E-state index contributed by atoms with van der Waals surface area (Å²) in [5.41, 5.74) is 3.13. The van der Waals surface area contributed by atoms with E-state index in [0.29, 0.717) is 6.42 Å². The molecule has 0 fully saturated rings. The molecule has 0 radical (unpaired) electrons. The van der Waals surface area contributed by atoms with E-state index in [4.69, 9.17) is 9.47 Å². The molecule has 4 heteroatoms. The van der Waals surface area contributed by atoms with Gasteiger partial charge in [0.2, 0.25) is 5.91 Å². The van der Waals surface area contributed by atoms with Gasteiger partial charge in [-0.15, -0.1) is 0 Å². The van der Waals surface area contributed by atoms with Crippen molar-refractivity contribution in [2.75, 3.05) is 14.2 Å². The molecule has 1 unspecified atom stereocenters. The molecule has 2 aromatic rings. The highest BCUT2D eigenvalue weighted by Gasteiger charge is 2.14. The highest BCUT2D eigenvalue weighted by molar-refractivity contribution is 5.79. The molecule has 0 aliphatic heterocycles. The lowest BCUT2D eigenvalue weighted by atomic mass is 10.0. The number of rotatable bonds is 7. The fourth-order valence-electron chi connectivity index (χ4n) is 2.71. The van der Waals surface area contributed by atoms with Crippen LogP contribution in [0.25, 0.3) is 0 Å². The average molecular weight is 327 g/mol. The minimum absolute atomic E-state index is 0.000328. The molecule has 1 amide bonds. The van der Waals surface area contributed by atoms with Gasteiger partial charge in [0.25, 0.3) is 0 Å². The van der Waals surface area contributed by atoms with Crippen molar-refractivity contribution in [3.63, 3.8) is 0 Å². The number of hydrogen-bond donors (Lipinski definition) is 1. The Bertz CT molecular complexity index is 680. The van der Waals surface area contributed by atoms with Crippen LogP contribution in [-0.4, -0.2) is 20.1 Å². The van der Waals surface area contributed by atoms with Gasteiger partial charge in [0, 0.05) is 0 Å². The third kappa shape index (κ3) is 4.51. The molecule has 4 nitrogen and oxygen atoms in total. The number of carbonyl (C=O) groups excluding carboxylic acids is 1. The van der Waals surface area contributed by atoms with E-state index in [1.807, 2.05) is 43.3 Å². The van der Waals surface area contributed by atoms with E-state index in [2.05, 4.69) is 18.3 Å². The van der Waals surface area contributed by atoms with Crippen molar-refractivity contribution in [3.8, 4) is 11.5 Å². The van der Waals surface area contributed by atoms with Crippen LogP contribution in [0.2, 0.25) is 0 Å². The van der Waals surface area contributed by atoms with E-state index in [9.17, 15) is 4.79 Å². The molecule has 1 atom stereocenters. The van der Waals surface area contributed by atoms with Gasteiger partial charge >= 0.3 is 0 Å². The largest absolute Gasteiger partial charge is 0.497 e. The lowest BCUT2D eigenvalue weighted by Crippen LogP contribution is -2.29. The first-order chi connectivity index (χ1) is 11.6. The average Bonchev–Trinajstić information content (AvgIpc) is 2.60. The van der Waals surface area contributed by atoms with Crippen LogP contribution in [0.4, 0.5) is 0 Å². The number of methoxy groups -OCH3 is 2. The molecule has 0 saturated heterocycles. The summed E-state index contributed by atoms with van der Waals surface area (Å²) in [5, 5.41) is 3.11. The Morgan fingerprint density at radius 1 is 1.08 bits per heavy atom. The molecule has 0 aliphatic carbocycles. The Labute approximate surface area is 143 Å². The molecule has 24 heavy (non-hydrogen) atoms. The molecule has 128 valence electrons. The monoisotopic (exact) mass is 327 g/mol. The molecule has 0 spiro atoms.